The molecule has 1 aromatic carbocycles. The molecule has 5 nitrogen and oxygen atoms in total. The van der Waals surface area contributed by atoms with Gasteiger partial charge in [0.15, 0.2) is 11.6 Å². The lowest BCUT2D eigenvalue weighted by Gasteiger charge is -2.10. The number of benzene rings is 1. The SMILES string of the molecule is COC(=O)C(Br)CNS(=O)(=O)c1ccc(F)c(F)c1. The summed E-state index contributed by atoms with van der Waals surface area (Å²) in [6.45, 7) is -0.284. The van der Waals surface area contributed by atoms with E-state index in [1.54, 1.807) is 0 Å². The largest absolute Gasteiger partial charge is 0.468 e. The van der Waals surface area contributed by atoms with Gasteiger partial charge in [-0.2, -0.15) is 0 Å². The standard InChI is InChI=1S/C10H10BrF2NO4S/c1-18-10(15)7(11)5-14-19(16,17)6-2-3-8(12)9(13)4-6/h2-4,7,14H,5H2,1H3. The second-order valence-electron chi connectivity index (χ2n) is 3.42. The highest BCUT2D eigenvalue weighted by molar-refractivity contribution is 9.10. The third-order valence-electron chi connectivity index (χ3n) is 2.11. The van der Waals surface area contributed by atoms with Crippen LogP contribution in [0.25, 0.3) is 0 Å². The molecule has 9 heteroatoms. The van der Waals surface area contributed by atoms with Gasteiger partial charge < -0.3 is 4.74 Å². The normalized spacial score (nSPS) is 13.1. The van der Waals surface area contributed by atoms with Crippen LogP contribution in [0.1, 0.15) is 0 Å². The molecule has 0 radical (unpaired) electrons. The molecular formula is C10H10BrF2NO4S. The molecule has 106 valence electrons. The molecular weight excluding hydrogens is 348 g/mol. The molecule has 0 aliphatic carbocycles. The summed E-state index contributed by atoms with van der Waals surface area (Å²) >= 11 is 2.92. The summed E-state index contributed by atoms with van der Waals surface area (Å²) in [6.07, 6.45) is 0. The highest BCUT2D eigenvalue weighted by atomic mass is 79.9. The van der Waals surface area contributed by atoms with E-state index in [1.807, 2.05) is 0 Å². The van der Waals surface area contributed by atoms with E-state index in [0.29, 0.717) is 12.1 Å². The fourth-order valence-electron chi connectivity index (χ4n) is 1.12. The molecule has 1 aromatic rings. The minimum absolute atomic E-state index is 0.284. The third kappa shape index (κ3) is 4.22. The average molecular weight is 358 g/mol. The van der Waals surface area contributed by atoms with Crippen LogP contribution in [0.3, 0.4) is 0 Å². The lowest BCUT2D eigenvalue weighted by atomic mass is 10.3. The van der Waals surface area contributed by atoms with Crippen molar-refractivity contribution in [2.24, 2.45) is 0 Å². The molecule has 0 aliphatic rings. The van der Waals surface area contributed by atoms with Crippen molar-refractivity contribution in [3.05, 3.63) is 29.8 Å². The second-order valence-corrected chi connectivity index (χ2v) is 6.29. The first kappa shape index (κ1) is 16.0. The zero-order valence-electron chi connectivity index (χ0n) is 9.69. The van der Waals surface area contributed by atoms with Crippen molar-refractivity contribution in [1.29, 1.82) is 0 Å². The number of carbonyl (C=O) groups excluding carboxylic acids is 1. The smallest absolute Gasteiger partial charge is 0.320 e. The number of hydrogen-bond acceptors (Lipinski definition) is 4. The van der Waals surface area contributed by atoms with Crippen molar-refractivity contribution in [2.75, 3.05) is 13.7 Å². The van der Waals surface area contributed by atoms with Crippen molar-refractivity contribution >= 4 is 31.9 Å². The summed E-state index contributed by atoms with van der Waals surface area (Å²) in [5, 5.41) is 0. The Morgan fingerprint density at radius 2 is 2.05 bits per heavy atom. The minimum Gasteiger partial charge on any atom is -0.468 e. The molecule has 0 bridgehead atoms. The third-order valence-corrected chi connectivity index (χ3v) is 4.23. The number of carbonyl (C=O) groups is 1. The lowest BCUT2D eigenvalue weighted by molar-refractivity contribution is -0.139. The van der Waals surface area contributed by atoms with Crippen molar-refractivity contribution in [1.82, 2.24) is 4.72 Å². The fourth-order valence-corrected chi connectivity index (χ4v) is 2.74. The molecule has 1 atom stereocenters. The van der Waals surface area contributed by atoms with E-state index < -0.39 is 37.3 Å². The lowest BCUT2D eigenvalue weighted by Crippen LogP contribution is -2.34. The molecule has 0 fully saturated rings. The fraction of sp³-hybridized carbons (Fsp3) is 0.300. The van der Waals surface area contributed by atoms with E-state index in [4.69, 9.17) is 0 Å². The first-order valence-corrected chi connectivity index (χ1v) is 7.34. The van der Waals surface area contributed by atoms with E-state index >= 15 is 0 Å². The summed E-state index contributed by atoms with van der Waals surface area (Å²) < 4.78 is 55.6. The summed E-state index contributed by atoms with van der Waals surface area (Å²) in [6, 6.07) is 2.18. The van der Waals surface area contributed by atoms with E-state index in [9.17, 15) is 22.0 Å². The zero-order chi connectivity index (χ0) is 14.6. The van der Waals surface area contributed by atoms with Crippen LogP contribution < -0.4 is 4.72 Å². The predicted octanol–water partition coefficient (Wildman–Crippen LogP) is 1.18. The first-order valence-electron chi connectivity index (χ1n) is 4.94. The average Bonchev–Trinajstić information content (AvgIpc) is 2.38. The van der Waals surface area contributed by atoms with Gasteiger partial charge >= 0.3 is 5.97 Å². The van der Waals surface area contributed by atoms with Crippen LogP contribution >= 0.6 is 15.9 Å². The molecule has 1 N–H and O–H groups in total. The Bertz CT molecular complexity index is 579. The van der Waals surface area contributed by atoms with Crippen LogP contribution in [0, 0.1) is 11.6 Å². The van der Waals surface area contributed by atoms with E-state index in [1.165, 1.54) is 0 Å². The van der Waals surface area contributed by atoms with Gasteiger partial charge in [0, 0.05) is 6.54 Å². The molecule has 1 unspecified atom stereocenters. The Morgan fingerprint density at radius 3 is 2.58 bits per heavy atom. The number of hydrogen-bond donors (Lipinski definition) is 1. The van der Waals surface area contributed by atoms with E-state index in [0.717, 1.165) is 13.2 Å². The van der Waals surface area contributed by atoms with Gasteiger partial charge in [0.1, 0.15) is 4.83 Å². The number of halogens is 3. The number of rotatable bonds is 5. The molecule has 0 aliphatic heterocycles. The van der Waals surface area contributed by atoms with Crippen molar-refractivity contribution < 1.29 is 26.7 Å². The zero-order valence-corrected chi connectivity index (χ0v) is 12.1. The maximum Gasteiger partial charge on any atom is 0.320 e. The quantitative estimate of drug-likeness (QED) is 0.634. The number of alkyl halides is 1. The van der Waals surface area contributed by atoms with Crippen molar-refractivity contribution in [2.45, 2.75) is 9.72 Å². The van der Waals surface area contributed by atoms with Crippen LogP contribution in [0.15, 0.2) is 23.1 Å². The number of nitrogens with one attached hydrogen (secondary N) is 1. The molecule has 0 spiro atoms. The van der Waals surface area contributed by atoms with Gasteiger partial charge in [-0.3, -0.25) is 4.79 Å². The Hall–Kier alpha value is -1.06. The summed E-state index contributed by atoms with van der Waals surface area (Å²) in [5.74, 6) is -3.08. The topological polar surface area (TPSA) is 72.5 Å². The Labute approximate surface area is 117 Å². The molecule has 1 rings (SSSR count). The Morgan fingerprint density at radius 1 is 1.42 bits per heavy atom. The number of methoxy groups -OCH3 is 1. The highest BCUT2D eigenvalue weighted by Crippen LogP contribution is 2.14. The number of sulfonamides is 1. The van der Waals surface area contributed by atoms with Gasteiger partial charge in [0.25, 0.3) is 0 Å². The van der Waals surface area contributed by atoms with Gasteiger partial charge in [0.2, 0.25) is 10.0 Å². The molecule has 0 amide bonds. The monoisotopic (exact) mass is 357 g/mol. The maximum atomic E-state index is 12.9. The number of esters is 1. The summed E-state index contributed by atoms with van der Waals surface area (Å²) in [5.41, 5.74) is 0. The van der Waals surface area contributed by atoms with Crippen LogP contribution in [0.4, 0.5) is 8.78 Å². The van der Waals surface area contributed by atoms with Gasteiger partial charge in [-0.15, -0.1) is 0 Å². The van der Waals surface area contributed by atoms with Gasteiger partial charge in [0.05, 0.1) is 12.0 Å². The summed E-state index contributed by atoms with van der Waals surface area (Å²) in [4.78, 5) is 9.74. The van der Waals surface area contributed by atoms with E-state index in [-0.39, 0.29) is 6.54 Å². The van der Waals surface area contributed by atoms with Crippen molar-refractivity contribution in [3.8, 4) is 0 Å². The second kappa shape index (κ2) is 6.40. The first-order chi connectivity index (χ1) is 8.77. The van der Waals surface area contributed by atoms with Gasteiger partial charge in [-0.05, 0) is 18.2 Å². The Balaban J connectivity index is 2.81. The van der Waals surface area contributed by atoms with Crippen LogP contribution in [-0.4, -0.2) is 32.9 Å². The molecule has 0 heterocycles. The molecule has 0 saturated heterocycles. The van der Waals surface area contributed by atoms with Crippen LogP contribution in [0.5, 0.6) is 0 Å². The Kier molecular flexibility index (Phi) is 5.39. The van der Waals surface area contributed by atoms with Crippen molar-refractivity contribution in [3.63, 3.8) is 0 Å². The summed E-state index contributed by atoms with van der Waals surface area (Å²) in [7, 11) is -2.88. The highest BCUT2D eigenvalue weighted by Gasteiger charge is 2.21. The number of ether oxygens (including phenoxy) is 1. The maximum absolute atomic E-state index is 12.9. The van der Waals surface area contributed by atoms with Crippen LogP contribution in [-0.2, 0) is 19.6 Å². The minimum atomic E-state index is -4.03. The van der Waals surface area contributed by atoms with Crippen LogP contribution in [0.2, 0.25) is 0 Å². The molecule has 0 saturated carbocycles. The predicted molar refractivity (Wildman–Crippen MR) is 66.3 cm³/mol. The van der Waals surface area contributed by atoms with E-state index in [2.05, 4.69) is 25.4 Å². The molecule has 19 heavy (non-hydrogen) atoms. The molecule has 0 aromatic heterocycles. The van der Waals surface area contributed by atoms with Gasteiger partial charge in [-0.25, -0.2) is 21.9 Å². The van der Waals surface area contributed by atoms with Gasteiger partial charge in [-0.1, -0.05) is 15.9 Å².